The Hall–Kier alpha value is -1.06. The van der Waals surface area contributed by atoms with Gasteiger partial charge in [-0.1, -0.05) is 26.0 Å². The second-order valence-corrected chi connectivity index (χ2v) is 3.89. The number of hydrogen-bond donors (Lipinski definition) is 0. The van der Waals surface area contributed by atoms with Gasteiger partial charge in [0.2, 0.25) is 0 Å². The molecule has 0 amide bonds. The molecule has 1 aromatic carbocycles. The molecule has 0 saturated heterocycles. The second-order valence-electron chi connectivity index (χ2n) is 3.89. The third kappa shape index (κ3) is 4.64. The van der Waals surface area contributed by atoms with Crippen molar-refractivity contribution in [1.82, 2.24) is 0 Å². The Balaban J connectivity index is 2.27. The smallest absolute Gasteiger partial charge is 0.189 e. The van der Waals surface area contributed by atoms with Crippen LogP contribution in [0.3, 0.4) is 0 Å². The van der Waals surface area contributed by atoms with Crippen LogP contribution in [0.15, 0.2) is 24.3 Å². The summed E-state index contributed by atoms with van der Waals surface area (Å²) >= 11 is 0. The largest absolute Gasteiger partial charge is 0.468 e. The van der Waals surface area contributed by atoms with Crippen LogP contribution in [0.5, 0.6) is 5.75 Å². The zero-order valence-corrected chi connectivity index (χ0v) is 10.2. The number of hydrogen-bond acceptors (Lipinski definition) is 3. The van der Waals surface area contributed by atoms with Gasteiger partial charge in [0, 0.05) is 7.11 Å². The van der Waals surface area contributed by atoms with Crippen LogP contribution < -0.4 is 4.74 Å². The van der Waals surface area contributed by atoms with Gasteiger partial charge in [0.15, 0.2) is 6.79 Å². The van der Waals surface area contributed by atoms with Crippen LogP contribution in [-0.4, -0.2) is 27.1 Å². The molecule has 0 aliphatic carbocycles. The minimum Gasteiger partial charge on any atom is -0.468 e. The van der Waals surface area contributed by atoms with E-state index >= 15 is 0 Å². The van der Waals surface area contributed by atoms with Gasteiger partial charge in [-0.3, -0.25) is 0 Å². The monoisotopic (exact) mass is 224 g/mol. The van der Waals surface area contributed by atoms with Crippen LogP contribution >= 0.6 is 0 Å². The molecular weight excluding hydrogens is 204 g/mol. The van der Waals surface area contributed by atoms with E-state index in [-0.39, 0.29) is 6.79 Å². The molecule has 0 aromatic heterocycles. The number of rotatable bonds is 7. The summed E-state index contributed by atoms with van der Waals surface area (Å²) in [5.74, 6) is 1.38. The molecule has 0 aliphatic rings. The van der Waals surface area contributed by atoms with Crippen molar-refractivity contribution in [3.8, 4) is 5.75 Å². The average molecular weight is 224 g/mol. The van der Waals surface area contributed by atoms with E-state index in [2.05, 4.69) is 26.0 Å². The summed E-state index contributed by atoms with van der Waals surface area (Å²) in [6.45, 7) is 5.76. The molecule has 0 radical (unpaired) electrons. The summed E-state index contributed by atoms with van der Waals surface area (Å²) in [6, 6.07) is 8.09. The third-order valence-electron chi connectivity index (χ3n) is 2.29. The lowest BCUT2D eigenvalue weighted by Gasteiger charge is -2.09. The van der Waals surface area contributed by atoms with Crippen molar-refractivity contribution in [2.75, 3.05) is 27.1 Å². The van der Waals surface area contributed by atoms with Crippen LogP contribution in [0.4, 0.5) is 0 Å². The number of ether oxygens (including phenoxy) is 3. The molecule has 0 unspecified atom stereocenters. The van der Waals surface area contributed by atoms with Crippen molar-refractivity contribution in [2.24, 2.45) is 0 Å². The number of benzene rings is 1. The fraction of sp³-hybridized carbons (Fsp3) is 0.538. The fourth-order valence-corrected chi connectivity index (χ4v) is 1.26. The molecule has 3 heteroatoms. The Morgan fingerprint density at radius 2 is 1.75 bits per heavy atom. The van der Waals surface area contributed by atoms with Gasteiger partial charge in [-0.25, -0.2) is 0 Å². The van der Waals surface area contributed by atoms with Gasteiger partial charge < -0.3 is 14.2 Å². The first kappa shape index (κ1) is 13.0. The number of methoxy groups -OCH3 is 1. The molecule has 3 nitrogen and oxygen atoms in total. The summed E-state index contributed by atoms with van der Waals surface area (Å²) in [7, 11) is 1.65. The van der Waals surface area contributed by atoms with Crippen molar-refractivity contribution in [3.05, 3.63) is 29.8 Å². The quantitative estimate of drug-likeness (QED) is 0.526. The maximum absolute atomic E-state index is 5.41. The van der Waals surface area contributed by atoms with E-state index in [4.69, 9.17) is 14.2 Å². The lowest BCUT2D eigenvalue weighted by molar-refractivity contribution is -0.00847. The molecule has 0 spiro atoms. The van der Waals surface area contributed by atoms with E-state index in [1.54, 1.807) is 7.11 Å². The standard InChI is InChI=1S/C13H20O3/c1-11(2)12-4-6-13(7-5-12)16-10-15-9-8-14-3/h4-7,11H,8-10H2,1-3H3. The first-order valence-electron chi connectivity index (χ1n) is 5.53. The Labute approximate surface area is 97.3 Å². The van der Waals surface area contributed by atoms with Crippen LogP contribution in [0.1, 0.15) is 25.3 Å². The zero-order valence-electron chi connectivity index (χ0n) is 10.2. The highest BCUT2D eigenvalue weighted by Crippen LogP contribution is 2.18. The van der Waals surface area contributed by atoms with Crippen molar-refractivity contribution >= 4 is 0 Å². The third-order valence-corrected chi connectivity index (χ3v) is 2.29. The van der Waals surface area contributed by atoms with Gasteiger partial charge in [0.1, 0.15) is 5.75 Å². The lowest BCUT2D eigenvalue weighted by atomic mass is 10.0. The summed E-state index contributed by atoms with van der Waals surface area (Å²) in [6.07, 6.45) is 0. The summed E-state index contributed by atoms with van der Waals surface area (Å²) in [4.78, 5) is 0. The molecule has 0 heterocycles. The molecule has 16 heavy (non-hydrogen) atoms. The first-order chi connectivity index (χ1) is 7.74. The van der Waals surface area contributed by atoms with Gasteiger partial charge in [-0.05, 0) is 23.6 Å². The molecular formula is C13H20O3. The SMILES string of the molecule is COCCOCOc1ccc(C(C)C)cc1. The lowest BCUT2D eigenvalue weighted by Crippen LogP contribution is -2.07. The van der Waals surface area contributed by atoms with E-state index in [1.165, 1.54) is 5.56 Å². The molecule has 0 aliphatic heterocycles. The Morgan fingerprint density at radius 3 is 2.31 bits per heavy atom. The van der Waals surface area contributed by atoms with Crippen LogP contribution in [0, 0.1) is 0 Å². The first-order valence-corrected chi connectivity index (χ1v) is 5.53. The Bertz CT molecular complexity index is 280. The highest BCUT2D eigenvalue weighted by atomic mass is 16.7. The molecule has 0 atom stereocenters. The average Bonchev–Trinajstić information content (AvgIpc) is 2.29. The summed E-state index contributed by atoms with van der Waals surface area (Å²) in [5, 5.41) is 0. The normalized spacial score (nSPS) is 10.8. The van der Waals surface area contributed by atoms with E-state index < -0.39 is 0 Å². The van der Waals surface area contributed by atoms with E-state index in [0.29, 0.717) is 19.1 Å². The van der Waals surface area contributed by atoms with Gasteiger partial charge in [-0.15, -0.1) is 0 Å². The molecule has 0 bridgehead atoms. The van der Waals surface area contributed by atoms with Gasteiger partial charge in [-0.2, -0.15) is 0 Å². The van der Waals surface area contributed by atoms with Crippen molar-refractivity contribution in [3.63, 3.8) is 0 Å². The van der Waals surface area contributed by atoms with E-state index in [1.807, 2.05) is 12.1 Å². The van der Waals surface area contributed by atoms with Crippen LogP contribution in [0.25, 0.3) is 0 Å². The van der Waals surface area contributed by atoms with Gasteiger partial charge in [0.25, 0.3) is 0 Å². The van der Waals surface area contributed by atoms with Gasteiger partial charge in [0.05, 0.1) is 13.2 Å². The van der Waals surface area contributed by atoms with E-state index in [0.717, 1.165) is 5.75 Å². The minimum absolute atomic E-state index is 0.268. The van der Waals surface area contributed by atoms with Gasteiger partial charge >= 0.3 is 0 Å². The highest BCUT2D eigenvalue weighted by molar-refractivity contribution is 5.28. The summed E-state index contributed by atoms with van der Waals surface area (Å²) in [5.41, 5.74) is 1.31. The highest BCUT2D eigenvalue weighted by Gasteiger charge is 1.99. The maximum Gasteiger partial charge on any atom is 0.189 e. The van der Waals surface area contributed by atoms with Crippen molar-refractivity contribution < 1.29 is 14.2 Å². The molecule has 1 rings (SSSR count). The fourth-order valence-electron chi connectivity index (χ4n) is 1.26. The minimum atomic E-state index is 0.268. The Kier molecular flexibility index (Phi) is 5.90. The predicted molar refractivity (Wildman–Crippen MR) is 63.9 cm³/mol. The topological polar surface area (TPSA) is 27.7 Å². The van der Waals surface area contributed by atoms with E-state index in [9.17, 15) is 0 Å². The predicted octanol–water partition coefficient (Wildman–Crippen LogP) is 2.81. The maximum atomic E-state index is 5.41. The zero-order chi connectivity index (χ0) is 11.8. The van der Waals surface area contributed by atoms with Crippen molar-refractivity contribution in [1.29, 1.82) is 0 Å². The summed E-state index contributed by atoms with van der Waals surface area (Å²) < 4.78 is 15.5. The second kappa shape index (κ2) is 7.25. The van der Waals surface area contributed by atoms with Crippen LogP contribution in [0.2, 0.25) is 0 Å². The Morgan fingerprint density at radius 1 is 1.06 bits per heavy atom. The van der Waals surface area contributed by atoms with Crippen LogP contribution in [-0.2, 0) is 9.47 Å². The molecule has 0 N–H and O–H groups in total. The van der Waals surface area contributed by atoms with Crippen molar-refractivity contribution in [2.45, 2.75) is 19.8 Å². The molecule has 1 aromatic rings. The molecule has 0 saturated carbocycles. The molecule has 0 fully saturated rings. The molecule has 90 valence electrons.